The third kappa shape index (κ3) is 3.79. The quantitative estimate of drug-likeness (QED) is 0.353. The monoisotopic (exact) mass is 470 g/mol. The fraction of sp³-hybridized carbons (Fsp3) is 0.148. The van der Waals surface area contributed by atoms with Crippen LogP contribution in [0.2, 0.25) is 0 Å². The van der Waals surface area contributed by atoms with Crippen molar-refractivity contribution in [3.63, 3.8) is 0 Å². The number of amides is 2. The van der Waals surface area contributed by atoms with E-state index >= 15 is 0 Å². The summed E-state index contributed by atoms with van der Waals surface area (Å²) in [5.41, 5.74) is 5.25. The zero-order valence-electron chi connectivity index (χ0n) is 18.3. The minimum atomic E-state index is -0.216. The van der Waals surface area contributed by atoms with Gasteiger partial charge in [0.05, 0.1) is 28.8 Å². The maximum absolute atomic E-state index is 13.7. The van der Waals surface area contributed by atoms with Gasteiger partial charge in [-0.1, -0.05) is 102 Å². The van der Waals surface area contributed by atoms with Gasteiger partial charge >= 0.3 is 0 Å². The molecule has 1 saturated heterocycles. The summed E-state index contributed by atoms with van der Waals surface area (Å²) < 4.78 is 0.473. The standard InChI is InChI=1S/C27H22N2O2S2/c1-17-12-14-19(15-13-17)16-28-22-11-7-6-10-21(22)23(25(28)30)24-26(31)29(27(32)33-24)18(2)20-8-4-3-5-9-20/h3-15,18H,16H2,1-2H3/b24-23-. The summed E-state index contributed by atoms with van der Waals surface area (Å²) in [6.45, 7) is 4.44. The number of hydrogen-bond acceptors (Lipinski definition) is 4. The number of thioether (sulfide) groups is 1. The van der Waals surface area contributed by atoms with Crippen molar-refractivity contribution in [2.24, 2.45) is 0 Å². The van der Waals surface area contributed by atoms with Gasteiger partial charge in [0.15, 0.2) is 0 Å². The lowest BCUT2D eigenvalue weighted by Crippen LogP contribution is -2.31. The molecule has 0 aliphatic carbocycles. The first-order chi connectivity index (χ1) is 16.0. The highest BCUT2D eigenvalue weighted by Crippen LogP contribution is 2.46. The number of para-hydroxylation sites is 1. The maximum atomic E-state index is 13.7. The summed E-state index contributed by atoms with van der Waals surface area (Å²) in [6.07, 6.45) is 0. The van der Waals surface area contributed by atoms with E-state index in [2.05, 4.69) is 0 Å². The number of anilines is 1. The first-order valence-corrected chi connectivity index (χ1v) is 12.0. The molecule has 0 bridgehead atoms. The summed E-state index contributed by atoms with van der Waals surface area (Å²) in [5.74, 6) is -0.374. The van der Waals surface area contributed by atoms with Crippen molar-refractivity contribution in [3.8, 4) is 0 Å². The fourth-order valence-corrected chi connectivity index (χ4v) is 5.77. The molecule has 1 unspecified atom stereocenters. The first kappa shape index (κ1) is 21.6. The van der Waals surface area contributed by atoms with E-state index in [1.807, 2.05) is 92.7 Å². The number of hydrogen-bond donors (Lipinski definition) is 0. The minimum Gasteiger partial charge on any atom is -0.303 e. The van der Waals surface area contributed by atoms with E-state index in [1.54, 1.807) is 9.80 Å². The van der Waals surface area contributed by atoms with Gasteiger partial charge in [-0.05, 0) is 31.0 Å². The molecule has 0 aromatic heterocycles. The van der Waals surface area contributed by atoms with Crippen LogP contribution in [0.3, 0.4) is 0 Å². The number of carbonyl (C=O) groups excluding carboxylic acids is 2. The molecule has 2 heterocycles. The Labute approximate surface area is 202 Å². The van der Waals surface area contributed by atoms with E-state index < -0.39 is 0 Å². The van der Waals surface area contributed by atoms with E-state index in [0.717, 1.165) is 22.4 Å². The van der Waals surface area contributed by atoms with Crippen LogP contribution in [0.4, 0.5) is 5.69 Å². The molecule has 2 aliphatic heterocycles. The minimum absolute atomic E-state index is 0.162. The number of thiocarbonyl (C=S) groups is 1. The average Bonchev–Trinajstić information content (AvgIpc) is 3.27. The van der Waals surface area contributed by atoms with Crippen molar-refractivity contribution in [1.29, 1.82) is 0 Å². The fourth-order valence-electron chi connectivity index (χ4n) is 4.28. The van der Waals surface area contributed by atoms with Crippen LogP contribution in [0.5, 0.6) is 0 Å². The van der Waals surface area contributed by atoms with E-state index in [9.17, 15) is 9.59 Å². The van der Waals surface area contributed by atoms with Gasteiger partial charge < -0.3 is 4.90 Å². The molecule has 6 heteroatoms. The smallest absolute Gasteiger partial charge is 0.267 e. The van der Waals surface area contributed by atoms with Crippen LogP contribution in [-0.4, -0.2) is 21.0 Å². The van der Waals surface area contributed by atoms with Crippen molar-refractivity contribution < 1.29 is 9.59 Å². The molecule has 4 nitrogen and oxygen atoms in total. The molecule has 0 spiro atoms. The van der Waals surface area contributed by atoms with Gasteiger partial charge in [-0.2, -0.15) is 0 Å². The molecule has 3 aromatic rings. The number of fused-ring (bicyclic) bond motifs is 1. The molecule has 164 valence electrons. The van der Waals surface area contributed by atoms with E-state index in [-0.39, 0.29) is 17.9 Å². The van der Waals surface area contributed by atoms with E-state index in [0.29, 0.717) is 21.3 Å². The Morgan fingerprint density at radius 2 is 1.55 bits per heavy atom. The highest BCUT2D eigenvalue weighted by molar-refractivity contribution is 8.26. The molecule has 2 aliphatic rings. The van der Waals surface area contributed by atoms with E-state index in [1.165, 1.54) is 17.3 Å². The molecule has 5 rings (SSSR count). The predicted molar refractivity (Wildman–Crippen MR) is 138 cm³/mol. The zero-order chi connectivity index (χ0) is 23.1. The highest BCUT2D eigenvalue weighted by Gasteiger charge is 2.43. The van der Waals surface area contributed by atoms with Crippen molar-refractivity contribution >= 4 is 51.4 Å². The molecule has 2 amide bonds. The first-order valence-electron chi connectivity index (χ1n) is 10.8. The number of nitrogens with zero attached hydrogens (tertiary/aromatic N) is 2. The molecular formula is C27H22N2O2S2. The number of aryl methyl sites for hydroxylation is 1. The third-order valence-corrected chi connectivity index (χ3v) is 7.48. The van der Waals surface area contributed by atoms with E-state index in [4.69, 9.17) is 12.2 Å². The summed E-state index contributed by atoms with van der Waals surface area (Å²) >= 11 is 6.82. The van der Waals surface area contributed by atoms with Gasteiger partial charge in [0.25, 0.3) is 11.8 Å². The molecule has 0 saturated carbocycles. The Balaban J connectivity index is 1.53. The molecule has 33 heavy (non-hydrogen) atoms. The summed E-state index contributed by atoms with van der Waals surface area (Å²) in [7, 11) is 0. The highest BCUT2D eigenvalue weighted by atomic mass is 32.2. The van der Waals surface area contributed by atoms with Gasteiger partial charge in [0.1, 0.15) is 4.32 Å². The van der Waals surface area contributed by atoms with Crippen LogP contribution < -0.4 is 4.90 Å². The molecule has 0 N–H and O–H groups in total. The Hall–Kier alpha value is -3.22. The van der Waals surface area contributed by atoms with Crippen LogP contribution in [-0.2, 0) is 16.1 Å². The zero-order valence-corrected chi connectivity index (χ0v) is 20.0. The topological polar surface area (TPSA) is 40.6 Å². The third-order valence-electron chi connectivity index (χ3n) is 6.08. The average molecular weight is 471 g/mol. The van der Waals surface area contributed by atoms with Crippen molar-refractivity contribution in [1.82, 2.24) is 4.90 Å². The summed E-state index contributed by atoms with van der Waals surface area (Å²) in [4.78, 5) is 31.0. The molecule has 1 fully saturated rings. The maximum Gasteiger partial charge on any atom is 0.267 e. The van der Waals surface area contributed by atoms with Crippen molar-refractivity contribution in [2.45, 2.75) is 26.4 Å². The molecule has 3 aromatic carbocycles. The summed E-state index contributed by atoms with van der Waals surface area (Å²) in [6, 6.07) is 25.4. The predicted octanol–water partition coefficient (Wildman–Crippen LogP) is 5.87. The van der Waals surface area contributed by atoms with Gasteiger partial charge in [0, 0.05) is 5.56 Å². The second-order valence-corrected chi connectivity index (χ2v) is 9.87. The molecular weight excluding hydrogens is 448 g/mol. The summed E-state index contributed by atoms with van der Waals surface area (Å²) in [5, 5.41) is 0. The van der Waals surface area contributed by atoms with Crippen LogP contribution in [0.15, 0.2) is 83.8 Å². The van der Waals surface area contributed by atoms with Crippen LogP contribution in [0.1, 0.15) is 35.2 Å². The van der Waals surface area contributed by atoms with Gasteiger partial charge in [-0.25, -0.2) is 0 Å². The Bertz CT molecular complexity index is 1300. The molecule has 1 atom stereocenters. The largest absolute Gasteiger partial charge is 0.303 e. The lowest BCUT2D eigenvalue weighted by Gasteiger charge is -2.23. The SMILES string of the molecule is Cc1ccc(CN2C(=O)/C(=C3\SC(=S)N(C(C)c4ccccc4)C3=O)c3ccccc32)cc1. The number of carbonyl (C=O) groups is 2. The normalized spacial score (nSPS) is 18.8. The van der Waals surface area contributed by atoms with Gasteiger partial charge in [-0.3, -0.25) is 14.5 Å². The van der Waals surface area contributed by atoms with Gasteiger partial charge in [0.2, 0.25) is 0 Å². The Kier molecular flexibility index (Phi) is 5.64. The van der Waals surface area contributed by atoms with Gasteiger partial charge in [-0.15, -0.1) is 0 Å². The lowest BCUT2D eigenvalue weighted by atomic mass is 10.1. The molecule has 0 radical (unpaired) electrons. The second kappa shape index (κ2) is 8.61. The van der Waals surface area contributed by atoms with Crippen LogP contribution >= 0.6 is 24.0 Å². The Morgan fingerprint density at radius 1 is 0.879 bits per heavy atom. The Morgan fingerprint density at radius 3 is 2.27 bits per heavy atom. The number of benzene rings is 3. The lowest BCUT2D eigenvalue weighted by molar-refractivity contribution is -0.123. The number of rotatable bonds is 4. The van der Waals surface area contributed by atoms with Crippen LogP contribution in [0, 0.1) is 6.92 Å². The van der Waals surface area contributed by atoms with Crippen molar-refractivity contribution in [3.05, 3.63) is 106 Å². The second-order valence-electron chi connectivity index (χ2n) is 8.23. The van der Waals surface area contributed by atoms with Crippen LogP contribution in [0.25, 0.3) is 5.57 Å². The van der Waals surface area contributed by atoms with Crippen molar-refractivity contribution in [2.75, 3.05) is 4.90 Å².